The Morgan fingerprint density at radius 3 is 2.58 bits per heavy atom. The molecule has 0 amide bonds. The van der Waals surface area contributed by atoms with Crippen LogP contribution < -0.4 is 10.2 Å². The van der Waals surface area contributed by atoms with Crippen molar-refractivity contribution >= 4 is 34.7 Å². The quantitative estimate of drug-likeness (QED) is 0.459. The van der Waals surface area contributed by atoms with Crippen LogP contribution in [0.1, 0.15) is 17.0 Å². The van der Waals surface area contributed by atoms with Crippen LogP contribution in [0.5, 0.6) is 0 Å². The van der Waals surface area contributed by atoms with Crippen LogP contribution in [0, 0.1) is 19.7 Å². The van der Waals surface area contributed by atoms with E-state index in [0.29, 0.717) is 23.5 Å². The lowest BCUT2D eigenvalue weighted by molar-refractivity contribution is 0.628. The SMILES string of the molecule is Cc1ncn(-c2ccc(Nc3nc(Cl)c4c(n3)N(c3ccc(F)cc3)CC4)cc2C)n1. The second-order valence-corrected chi connectivity index (χ2v) is 7.74. The molecule has 0 spiro atoms. The highest BCUT2D eigenvalue weighted by atomic mass is 35.5. The summed E-state index contributed by atoms with van der Waals surface area (Å²) in [4.78, 5) is 15.3. The maximum atomic E-state index is 13.3. The van der Waals surface area contributed by atoms with Crippen molar-refractivity contribution in [2.45, 2.75) is 20.3 Å². The highest BCUT2D eigenvalue weighted by molar-refractivity contribution is 6.30. The molecule has 5 rings (SSSR count). The number of halogens is 2. The molecule has 0 unspecified atom stereocenters. The third kappa shape index (κ3) is 3.70. The molecular formula is C22H19ClFN7. The minimum absolute atomic E-state index is 0.272. The molecular weight excluding hydrogens is 417 g/mol. The zero-order valence-electron chi connectivity index (χ0n) is 17.0. The first-order valence-electron chi connectivity index (χ1n) is 9.84. The molecule has 0 aliphatic carbocycles. The van der Waals surface area contributed by atoms with Gasteiger partial charge in [0.25, 0.3) is 0 Å². The van der Waals surface area contributed by atoms with Gasteiger partial charge in [0.1, 0.15) is 28.9 Å². The van der Waals surface area contributed by atoms with Crippen LogP contribution in [0.25, 0.3) is 5.69 Å². The molecule has 3 heterocycles. The van der Waals surface area contributed by atoms with Gasteiger partial charge in [-0.25, -0.2) is 19.0 Å². The summed E-state index contributed by atoms with van der Waals surface area (Å²) in [6.07, 6.45) is 2.43. The van der Waals surface area contributed by atoms with Gasteiger partial charge in [0, 0.05) is 23.5 Å². The molecule has 2 aromatic heterocycles. The molecule has 0 fully saturated rings. The van der Waals surface area contributed by atoms with Crippen molar-refractivity contribution in [2.75, 3.05) is 16.8 Å². The number of anilines is 4. The first-order valence-corrected chi connectivity index (χ1v) is 10.2. The Morgan fingerprint density at radius 1 is 1.06 bits per heavy atom. The van der Waals surface area contributed by atoms with Gasteiger partial charge in [0.15, 0.2) is 0 Å². The fraction of sp³-hybridized carbons (Fsp3) is 0.182. The molecule has 2 aromatic carbocycles. The van der Waals surface area contributed by atoms with Crippen LogP contribution in [-0.2, 0) is 6.42 Å². The smallest absolute Gasteiger partial charge is 0.230 e. The van der Waals surface area contributed by atoms with Gasteiger partial charge in [0.05, 0.1) is 5.69 Å². The van der Waals surface area contributed by atoms with Gasteiger partial charge >= 0.3 is 0 Å². The van der Waals surface area contributed by atoms with E-state index in [2.05, 4.69) is 20.4 Å². The lowest BCUT2D eigenvalue weighted by Gasteiger charge is -2.19. The van der Waals surface area contributed by atoms with Gasteiger partial charge in [-0.05, 0) is 68.3 Å². The highest BCUT2D eigenvalue weighted by Gasteiger charge is 2.26. The maximum absolute atomic E-state index is 13.3. The number of nitrogens with zero attached hydrogens (tertiary/aromatic N) is 6. The van der Waals surface area contributed by atoms with E-state index in [1.54, 1.807) is 23.1 Å². The molecule has 0 atom stereocenters. The Bertz CT molecular complexity index is 1270. The number of hydrogen-bond acceptors (Lipinski definition) is 6. The summed E-state index contributed by atoms with van der Waals surface area (Å²) in [5.74, 6) is 1.58. The standard InChI is InChI=1S/C22H19ClFN7/c1-13-11-16(5-8-19(13)31-12-25-14(2)29-31)26-22-27-20(23)18-9-10-30(21(18)28-22)17-6-3-15(24)4-7-17/h3-8,11-12H,9-10H2,1-2H3,(H,26,27,28). The molecule has 1 aliphatic heterocycles. The zero-order valence-corrected chi connectivity index (χ0v) is 17.7. The van der Waals surface area contributed by atoms with Crippen LogP contribution >= 0.6 is 11.6 Å². The Kier molecular flexibility index (Phi) is 4.78. The minimum atomic E-state index is -0.272. The van der Waals surface area contributed by atoms with E-state index in [9.17, 15) is 4.39 Å². The van der Waals surface area contributed by atoms with Crippen LogP contribution in [0.2, 0.25) is 5.15 Å². The fourth-order valence-electron chi connectivity index (χ4n) is 3.72. The van der Waals surface area contributed by atoms with Crippen LogP contribution in [0.3, 0.4) is 0 Å². The van der Waals surface area contributed by atoms with Crippen molar-refractivity contribution in [2.24, 2.45) is 0 Å². The van der Waals surface area contributed by atoms with E-state index in [1.807, 2.05) is 36.9 Å². The number of aromatic nitrogens is 5. The van der Waals surface area contributed by atoms with Gasteiger partial charge in [-0.2, -0.15) is 10.1 Å². The van der Waals surface area contributed by atoms with Gasteiger partial charge in [0.2, 0.25) is 5.95 Å². The second kappa shape index (κ2) is 7.63. The van der Waals surface area contributed by atoms with Crippen molar-refractivity contribution < 1.29 is 4.39 Å². The summed E-state index contributed by atoms with van der Waals surface area (Å²) in [7, 11) is 0. The average molecular weight is 436 g/mol. The topological polar surface area (TPSA) is 71.8 Å². The lowest BCUT2D eigenvalue weighted by Crippen LogP contribution is -2.15. The summed E-state index contributed by atoms with van der Waals surface area (Å²) < 4.78 is 15.1. The van der Waals surface area contributed by atoms with Crippen molar-refractivity contribution in [3.63, 3.8) is 0 Å². The first kappa shape index (κ1) is 19.4. The summed E-state index contributed by atoms with van der Waals surface area (Å²) in [5, 5.41) is 8.02. The monoisotopic (exact) mass is 435 g/mol. The number of nitrogens with one attached hydrogen (secondary N) is 1. The minimum Gasteiger partial charge on any atom is -0.326 e. The molecule has 4 aromatic rings. The summed E-state index contributed by atoms with van der Waals surface area (Å²) in [5.41, 5.74) is 4.56. The molecule has 1 aliphatic rings. The van der Waals surface area contributed by atoms with E-state index in [4.69, 9.17) is 16.6 Å². The van der Waals surface area contributed by atoms with E-state index in [1.165, 1.54) is 12.1 Å². The Hall–Kier alpha value is -3.52. The number of benzene rings is 2. The highest BCUT2D eigenvalue weighted by Crippen LogP contribution is 2.37. The van der Waals surface area contributed by atoms with Gasteiger partial charge in [-0.3, -0.25) is 0 Å². The van der Waals surface area contributed by atoms with Crippen molar-refractivity contribution in [3.8, 4) is 5.69 Å². The van der Waals surface area contributed by atoms with Gasteiger partial charge in [-0.15, -0.1) is 0 Å². The number of aryl methyl sites for hydroxylation is 2. The normalized spacial score (nSPS) is 12.8. The second-order valence-electron chi connectivity index (χ2n) is 7.38. The molecule has 9 heteroatoms. The molecule has 31 heavy (non-hydrogen) atoms. The van der Waals surface area contributed by atoms with E-state index in [0.717, 1.165) is 40.4 Å². The molecule has 0 bridgehead atoms. The molecule has 0 radical (unpaired) electrons. The van der Waals surface area contributed by atoms with E-state index >= 15 is 0 Å². The Balaban J connectivity index is 1.44. The lowest BCUT2D eigenvalue weighted by atomic mass is 10.2. The van der Waals surface area contributed by atoms with Gasteiger partial charge in [-0.1, -0.05) is 11.6 Å². The average Bonchev–Trinajstić information content (AvgIpc) is 3.35. The van der Waals surface area contributed by atoms with E-state index < -0.39 is 0 Å². The third-order valence-electron chi connectivity index (χ3n) is 5.22. The fourth-order valence-corrected chi connectivity index (χ4v) is 3.98. The predicted molar refractivity (Wildman–Crippen MR) is 118 cm³/mol. The summed E-state index contributed by atoms with van der Waals surface area (Å²) in [6.45, 7) is 4.57. The Labute approximate surface area is 183 Å². The third-order valence-corrected chi connectivity index (χ3v) is 5.53. The van der Waals surface area contributed by atoms with Gasteiger partial charge < -0.3 is 10.2 Å². The number of hydrogen-bond donors (Lipinski definition) is 1. The maximum Gasteiger partial charge on any atom is 0.230 e. The molecule has 0 saturated heterocycles. The van der Waals surface area contributed by atoms with E-state index in [-0.39, 0.29) is 5.82 Å². The van der Waals surface area contributed by atoms with Crippen LogP contribution in [0.4, 0.5) is 27.5 Å². The van der Waals surface area contributed by atoms with Crippen molar-refractivity contribution in [3.05, 3.63) is 76.7 Å². The summed E-state index contributed by atoms with van der Waals surface area (Å²) >= 11 is 6.46. The molecule has 0 saturated carbocycles. The predicted octanol–water partition coefficient (Wildman–Crippen LogP) is 4.90. The van der Waals surface area contributed by atoms with Crippen molar-refractivity contribution in [1.29, 1.82) is 0 Å². The number of fused-ring (bicyclic) bond motifs is 1. The zero-order chi connectivity index (χ0) is 21.5. The van der Waals surface area contributed by atoms with Crippen LogP contribution in [-0.4, -0.2) is 31.3 Å². The molecule has 1 N–H and O–H groups in total. The largest absolute Gasteiger partial charge is 0.326 e. The first-order chi connectivity index (χ1) is 15.0. The van der Waals surface area contributed by atoms with Crippen LogP contribution in [0.15, 0.2) is 48.8 Å². The van der Waals surface area contributed by atoms with Crippen molar-refractivity contribution in [1.82, 2.24) is 24.7 Å². The number of rotatable bonds is 4. The molecule has 7 nitrogen and oxygen atoms in total. The summed E-state index contributed by atoms with van der Waals surface area (Å²) in [6, 6.07) is 12.2. The molecule has 156 valence electrons. The Morgan fingerprint density at radius 2 is 1.87 bits per heavy atom.